The molecule has 118 valence electrons. The van der Waals surface area contributed by atoms with Crippen molar-refractivity contribution in [1.29, 1.82) is 0 Å². The van der Waals surface area contributed by atoms with Gasteiger partial charge < -0.3 is 15.6 Å². The summed E-state index contributed by atoms with van der Waals surface area (Å²) in [6, 6.07) is 5.55. The SMILES string of the molecule is CC1=C/C(=N\c2c(OCCO)nn3ccccc23)C(N)=CC1=O. The molecule has 2 aromatic rings. The number of aromatic nitrogens is 2. The van der Waals surface area contributed by atoms with Gasteiger partial charge in [-0.15, -0.1) is 5.10 Å². The highest BCUT2D eigenvalue weighted by molar-refractivity contribution is 6.22. The van der Waals surface area contributed by atoms with E-state index in [1.54, 1.807) is 23.7 Å². The molecule has 0 aliphatic heterocycles. The lowest BCUT2D eigenvalue weighted by Crippen LogP contribution is -2.17. The summed E-state index contributed by atoms with van der Waals surface area (Å²) < 4.78 is 7.09. The molecule has 0 bridgehead atoms. The van der Waals surface area contributed by atoms with Crippen molar-refractivity contribution < 1.29 is 14.6 Å². The lowest BCUT2D eigenvalue weighted by molar-refractivity contribution is -0.111. The van der Waals surface area contributed by atoms with Crippen molar-refractivity contribution in [2.45, 2.75) is 6.92 Å². The highest BCUT2D eigenvalue weighted by Crippen LogP contribution is 2.32. The summed E-state index contributed by atoms with van der Waals surface area (Å²) in [5, 5.41) is 13.3. The molecule has 0 aromatic carbocycles. The molecule has 0 spiro atoms. The Morgan fingerprint density at radius 2 is 2.22 bits per heavy atom. The molecule has 0 amide bonds. The van der Waals surface area contributed by atoms with Crippen LogP contribution < -0.4 is 10.5 Å². The van der Waals surface area contributed by atoms with E-state index in [0.29, 0.717) is 28.5 Å². The van der Waals surface area contributed by atoms with Crippen LogP contribution in [0, 0.1) is 0 Å². The van der Waals surface area contributed by atoms with E-state index < -0.39 is 0 Å². The van der Waals surface area contributed by atoms with Gasteiger partial charge in [-0.3, -0.25) is 4.79 Å². The van der Waals surface area contributed by atoms with E-state index >= 15 is 0 Å². The number of aliphatic hydroxyl groups is 1. The van der Waals surface area contributed by atoms with E-state index in [4.69, 9.17) is 15.6 Å². The maximum absolute atomic E-state index is 11.6. The van der Waals surface area contributed by atoms with Crippen molar-refractivity contribution >= 4 is 22.7 Å². The molecule has 2 heterocycles. The van der Waals surface area contributed by atoms with E-state index in [1.807, 2.05) is 18.2 Å². The van der Waals surface area contributed by atoms with Crippen molar-refractivity contribution in [1.82, 2.24) is 9.61 Å². The van der Waals surface area contributed by atoms with Crippen LogP contribution in [0.15, 0.2) is 52.8 Å². The number of ether oxygens (including phenoxy) is 1. The number of hydrogen-bond acceptors (Lipinski definition) is 6. The summed E-state index contributed by atoms with van der Waals surface area (Å²) in [7, 11) is 0. The zero-order valence-corrected chi connectivity index (χ0v) is 12.6. The first-order chi connectivity index (χ1) is 11.1. The van der Waals surface area contributed by atoms with Crippen LogP contribution in [0.2, 0.25) is 0 Å². The molecule has 1 aliphatic rings. The van der Waals surface area contributed by atoms with E-state index in [2.05, 4.69) is 10.1 Å². The monoisotopic (exact) mass is 312 g/mol. The van der Waals surface area contributed by atoms with Gasteiger partial charge in [0, 0.05) is 12.3 Å². The van der Waals surface area contributed by atoms with Gasteiger partial charge in [0.05, 0.1) is 23.5 Å². The van der Waals surface area contributed by atoms with Gasteiger partial charge in [-0.2, -0.15) is 0 Å². The Bertz CT molecular complexity index is 861. The third-order valence-electron chi connectivity index (χ3n) is 3.37. The third kappa shape index (κ3) is 2.86. The number of allylic oxidation sites excluding steroid dienone is 3. The maximum atomic E-state index is 11.6. The number of ketones is 1. The standard InChI is InChI=1S/C16H16N4O3/c1-10-8-12(11(17)9-14(10)22)18-15-13-4-2-3-5-20(13)19-16(15)23-7-6-21/h2-5,8-9,21H,6-7,17H2,1H3/b18-12+. The van der Waals surface area contributed by atoms with Crippen LogP contribution in [-0.2, 0) is 4.79 Å². The van der Waals surface area contributed by atoms with E-state index in [9.17, 15) is 4.79 Å². The fraction of sp³-hybridized carbons (Fsp3) is 0.188. The first-order valence-electron chi connectivity index (χ1n) is 7.10. The van der Waals surface area contributed by atoms with Gasteiger partial charge in [-0.25, -0.2) is 9.51 Å². The molecule has 3 rings (SSSR count). The molecular formula is C16H16N4O3. The first-order valence-corrected chi connectivity index (χ1v) is 7.10. The molecule has 0 saturated carbocycles. The number of hydrogen-bond donors (Lipinski definition) is 2. The minimum atomic E-state index is -0.127. The Morgan fingerprint density at radius 3 is 3.00 bits per heavy atom. The largest absolute Gasteiger partial charge is 0.473 e. The van der Waals surface area contributed by atoms with Gasteiger partial charge >= 0.3 is 0 Å². The Balaban J connectivity index is 2.13. The lowest BCUT2D eigenvalue weighted by Gasteiger charge is -2.09. The number of aliphatic imine (C=N–C) groups is 1. The molecule has 0 saturated heterocycles. The van der Waals surface area contributed by atoms with Crippen LogP contribution >= 0.6 is 0 Å². The van der Waals surface area contributed by atoms with Crippen molar-refractivity contribution in [2.24, 2.45) is 10.7 Å². The van der Waals surface area contributed by atoms with Gasteiger partial charge in [0.1, 0.15) is 6.61 Å². The molecular weight excluding hydrogens is 296 g/mol. The number of nitrogens with two attached hydrogens (primary N) is 1. The zero-order chi connectivity index (χ0) is 16.4. The van der Waals surface area contributed by atoms with Gasteiger partial charge in [0.25, 0.3) is 5.88 Å². The van der Waals surface area contributed by atoms with E-state index in [1.165, 1.54) is 6.08 Å². The van der Waals surface area contributed by atoms with Crippen molar-refractivity contribution in [3.05, 3.63) is 47.8 Å². The number of fused-ring (bicyclic) bond motifs is 1. The van der Waals surface area contributed by atoms with Crippen molar-refractivity contribution in [2.75, 3.05) is 13.2 Å². The average molecular weight is 312 g/mol. The topological polar surface area (TPSA) is 102 Å². The molecule has 0 radical (unpaired) electrons. The molecule has 3 N–H and O–H groups in total. The molecule has 23 heavy (non-hydrogen) atoms. The molecule has 2 aromatic heterocycles. The maximum Gasteiger partial charge on any atom is 0.260 e. The summed E-state index contributed by atoms with van der Waals surface area (Å²) in [5.74, 6) is 0.173. The minimum absolute atomic E-state index is 0.112. The van der Waals surface area contributed by atoms with E-state index in [-0.39, 0.29) is 19.0 Å². The lowest BCUT2D eigenvalue weighted by atomic mass is 10.0. The Hall–Kier alpha value is -2.93. The van der Waals surface area contributed by atoms with Crippen LogP contribution in [0.5, 0.6) is 5.88 Å². The van der Waals surface area contributed by atoms with Crippen molar-refractivity contribution in [3.8, 4) is 5.88 Å². The summed E-state index contributed by atoms with van der Waals surface area (Å²) in [4.78, 5) is 16.2. The smallest absolute Gasteiger partial charge is 0.260 e. The average Bonchev–Trinajstić information content (AvgIpc) is 2.88. The highest BCUT2D eigenvalue weighted by Gasteiger charge is 2.18. The highest BCUT2D eigenvalue weighted by atomic mass is 16.5. The normalized spacial score (nSPS) is 16.6. The number of carbonyl (C=O) groups excluding carboxylic acids is 1. The van der Waals surface area contributed by atoms with Gasteiger partial charge in [-0.1, -0.05) is 6.07 Å². The number of carbonyl (C=O) groups is 1. The van der Waals surface area contributed by atoms with Crippen molar-refractivity contribution in [3.63, 3.8) is 0 Å². The predicted octanol–water partition coefficient (Wildman–Crippen LogP) is 1.15. The van der Waals surface area contributed by atoms with Crippen LogP contribution in [0.1, 0.15) is 6.92 Å². The molecule has 0 unspecified atom stereocenters. The fourth-order valence-corrected chi connectivity index (χ4v) is 2.21. The second-order valence-corrected chi connectivity index (χ2v) is 5.04. The summed E-state index contributed by atoms with van der Waals surface area (Å²) in [6.45, 7) is 1.69. The summed E-state index contributed by atoms with van der Waals surface area (Å²) >= 11 is 0. The number of rotatable bonds is 4. The minimum Gasteiger partial charge on any atom is -0.473 e. The Morgan fingerprint density at radius 1 is 1.39 bits per heavy atom. The van der Waals surface area contributed by atoms with Crippen LogP contribution in [0.25, 0.3) is 5.52 Å². The van der Waals surface area contributed by atoms with Crippen LogP contribution in [0.3, 0.4) is 0 Å². The summed E-state index contributed by atoms with van der Waals surface area (Å²) in [5.41, 5.74) is 8.48. The Labute approximate surface area is 132 Å². The second kappa shape index (κ2) is 6.05. The molecule has 0 atom stereocenters. The fourth-order valence-electron chi connectivity index (χ4n) is 2.21. The predicted molar refractivity (Wildman–Crippen MR) is 85.9 cm³/mol. The van der Waals surface area contributed by atoms with Gasteiger partial charge in [-0.05, 0) is 30.7 Å². The van der Waals surface area contributed by atoms with Crippen LogP contribution in [0.4, 0.5) is 5.69 Å². The van der Waals surface area contributed by atoms with E-state index in [0.717, 1.165) is 5.52 Å². The number of aliphatic hydroxyl groups excluding tert-OH is 1. The molecule has 0 fully saturated rings. The van der Waals surface area contributed by atoms with Gasteiger partial charge in [0.2, 0.25) is 0 Å². The Kier molecular flexibility index (Phi) is 3.94. The first kappa shape index (κ1) is 15.0. The third-order valence-corrected chi connectivity index (χ3v) is 3.37. The molecule has 1 aliphatic carbocycles. The van der Waals surface area contributed by atoms with Crippen LogP contribution in [-0.4, -0.2) is 39.4 Å². The molecule has 7 heteroatoms. The molecule has 7 nitrogen and oxygen atoms in total. The number of nitrogens with zero attached hydrogens (tertiary/aromatic N) is 3. The van der Waals surface area contributed by atoms with Gasteiger partial charge in [0.15, 0.2) is 11.5 Å². The summed E-state index contributed by atoms with van der Waals surface area (Å²) in [6.07, 6.45) is 4.77. The second-order valence-electron chi connectivity index (χ2n) is 5.04. The number of pyridine rings is 1. The quantitative estimate of drug-likeness (QED) is 0.825. The zero-order valence-electron chi connectivity index (χ0n) is 12.6.